The molecular formula is C12H15NO2. The fourth-order valence-corrected chi connectivity index (χ4v) is 2.34. The number of nitrogens with two attached hydrogens (primary N) is 1. The van der Waals surface area contributed by atoms with Crippen molar-refractivity contribution >= 4 is 11.7 Å². The van der Waals surface area contributed by atoms with Gasteiger partial charge in [-0.1, -0.05) is 25.5 Å². The van der Waals surface area contributed by atoms with Crippen molar-refractivity contribution in [2.45, 2.75) is 25.2 Å². The summed E-state index contributed by atoms with van der Waals surface area (Å²) in [5.74, 6) is -0.433. The van der Waals surface area contributed by atoms with Gasteiger partial charge in [0.1, 0.15) is 0 Å². The Hall–Kier alpha value is -1.51. The van der Waals surface area contributed by atoms with Crippen LogP contribution in [0.5, 0.6) is 0 Å². The number of benzene rings is 1. The molecule has 1 saturated carbocycles. The van der Waals surface area contributed by atoms with E-state index in [1.807, 2.05) is 19.1 Å². The molecule has 1 aromatic carbocycles. The smallest absolute Gasteiger partial charge is 0.314 e. The van der Waals surface area contributed by atoms with Crippen LogP contribution in [0.2, 0.25) is 0 Å². The van der Waals surface area contributed by atoms with Crippen LogP contribution in [0, 0.1) is 5.92 Å². The molecule has 0 saturated heterocycles. The molecule has 0 heterocycles. The molecule has 3 N–H and O–H groups in total. The lowest BCUT2D eigenvalue weighted by Crippen LogP contribution is -2.22. The van der Waals surface area contributed by atoms with Crippen molar-refractivity contribution in [2.24, 2.45) is 5.92 Å². The van der Waals surface area contributed by atoms with Crippen LogP contribution in [0.3, 0.4) is 0 Å². The van der Waals surface area contributed by atoms with E-state index in [4.69, 9.17) is 5.73 Å². The summed E-state index contributed by atoms with van der Waals surface area (Å²) in [5, 5.41) is 9.30. The van der Waals surface area contributed by atoms with Gasteiger partial charge in [-0.3, -0.25) is 4.79 Å². The molecule has 0 amide bonds. The number of carboxylic acid groups (broad SMARTS) is 1. The van der Waals surface area contributed by atoms with E-state index in [2.05, 4.69) is 0 Å². The highest BCUT2D eigenvalue weighted by Gasteiger charge is 2.60. The molecule has 1 aliphatic rings. The second-order valence-electron chi connectivity index (χ2n) is 4.21. The number of carboxylic acids is 1. The third-order valence-corrected chi connectivity index (χ3v) is 3.41. The summed E-state index contributed by atoms with van der Waals surface area (Å²) >= 11 is 0. The average molecular weight is 205 g/mol. The van der Waals surface area contributed by atoms with Gasteiger partial charge < -0.3 is 10.8 Å². The predicted octanol–water partition coefficient (Wildman–Crippen LogP) is 2.02. The van der Waals surface area contributed by atoms with E-state index in [1.54, 1.807) is 12.1 Å². The fourth-order valence-electron chi connectivity index (χ4n) is 2.34. The molecule has 2 rings (SSSR count). The normalized spacial score (nSPS) is 28.7. The van der Waals surface area contributed by atoms with E-state index in [0.717, 1.165) is 18.4 Å². The van der Waals surface area contributed by atoms with Crippen molar-refractivity contribution < 1.29 is 9.90 Å². The summed E-state index contributed by atoms with van der Waals surface area (Å²) in [6.45, 7) is 2.03. The van der Waals surface area contributed by atoms with Gasteiger partial charge in [0.25, 0.3) is 0 Å². The predicted molar refractivity (Wildman–Crippen MR) is 58.6 cm³/mol. The molecule has 3 nitrogen and oxygen atoms in total. The Balaban J connectivity index is 2.36. The number of anilines is 1. The standard InChI is InChI=1S/C12H15NO2/c1-2-8-7-12(8,11(14)15)9-3-5-10(13)6-4-9/h3-6,8H,2,7,13H2,1H3,(H,14,15). The van der Waals surface area contributed by atoms with E-state index in [1.165, 1.54) is 0 Å². The van der Waals surface area contributed by atoms with Crippen molar-refractivity contribution in [3.8, 4) is 0 Å². The lowest BCUT2D eigenvalue weighted by Gasteiger charge is -2.12. The van der Waals surface area contributed by atoms with Gasteiger partial charge >= 0.3 is 5.97 Å². The molecule has 1 aliphatic carbocycles. The van der Waals surface area contributed by atoms with Gasteiger partial charge in [0.2, 0.25) is 0 Å². The molecule has 0 spiro atoms. The van der Waals surface area contributed by atoms with Crippen LogP contribution in [0.4, 0.5) is 5.69 Å². The summed E-state index contributed by atoms with van der Waals surface area (Å²) in [7, 11) is 0. The Morgan fingerprint density at radius 1 is 1.53 bits per heavy atom. The maximum atomic E-state index is 11.3. The third-order valence-electron chi connectivity index (χ3n) is 3.41. The molecule has 0 bridgehead atoms. The quantitative estimate of drug-likeness (QED) is 0.742. The second kappa shape index (κ2) is 3.26. The van der Waals surface area contributed by atoms with E-state index in [0.29, 0.717) is 5.69 Å². The molecular weight excluding hydrogens is 190 g/mol. The van der Waals surface area contributed by atoms with Gasteiger partial charge in [-0.15, -0.1) is 0 Å². The number of carbonyl (C=O) groups is 1. The van der Waals surface area contributed by atoms with Crippen molar-refractivity contribution in [1.29, 1.82) is 0 Å². The Morgan fingerprint density at radius 2 is 2.13 bits per heavy atom. The van der Waals surface area contributed by atoms with E-state index < -0.39 is 11.4 Å². The Morgan fingerprint density at radius 3 is 2.53 bits per heavy atom. The first-order valence-electron chi connectivity index (χ1n) is 5.20. The van der Waals surface area contributed by atoms with Crippen molar-refractivity contribution in [3.05, 3.63) is 29.8 Å². The molecule has 80 valence electrons. The molecule has 1 fully saturated rings. The van der Waals surface area contributed by atoms with E-state index >= 15 is 0 Å². The SMILES string of the molecule is CCC1CC1(C(=O)O)c1ccc(N)cc1. The van der Waals surface area contributed by atoms with Crippen LogP contribution in [0.15, 0.2) is 24.3 Å². The summed E-state index contributed by atoms with van der Waals surface area (Å²) in [5.41, 5.74) is 6.51. The number of rotatable bonds is 3. The molecule has 0 radical (unpaired) electrons. The highest BCUT2D eigenvalue weighted by molar-refractivity contribution is 5.86. The van der Waals surface area contributed by atoms with Crippen LogP contribution >= 0.6 is 0 Å². The lowest BCUT2D eigenvalue weighted by atomic mass is 9.92. The molecule has 15 heavy (non-hydrogen) atoms. The number of hydrogen-bond acceptors (Lipinski definition) is 2. The highest BCUT2D eigenvalue weighted by Crippen LogP contribution is 2.56. The first-order valence-corrected chi connectivity index (χ1v) is 5.20. The first-order chi connectivity index (χ1) is 7.11. The fraction of sp³-hybridized carbons (Fsp3) is 0.417. The van der Waals surface area contributed by atoms with Crippen LogP contribution in [-0.4, -0.2) is 11.1 Å². The van der Waals surface area contributed by atoms with Crippen LogP contribution in [0.25, 0.3) is 0 Å². The first kappa shape index (κ1) is 10.0. The van der Waals surface area contributed by atoms with Crippen LogP contribution in [-0.2, 0) is 10.2 Å². The summed E-state index contributed by atoms with van der Waals surface area (Å²) in [4.78, 5) is 11.3. The number of hydrogen-bond donors (Lipinski definition) is 2. The minimum Gasteiger partial charge on any atom is -0.481 e. The lowest BCUT2D eigenvalue weighted by molar-refractivity contribution is -0.140. The molecule has 1 aromatic rings. The van der Waals surface area contributed by atoms with Gasteiger partial charge in [0.05, 0.1) is 5.41 Å². The highest BCUT2D eigenvalue weighted by atomic mass is 16.4. The maximum Gasteiger partial charge on any atom is 0.314 e. The number of nitrogen functional groups attached to an aromatic ring is 1. The molecule has 0 aromatic heterocycles. The average Bonchev–Trinajstić information content (AvgIpc) is 2.94. The Labute approximate surface area is 88.9 Å². The minimum absolute atomic E-state index is 0.277. The Bertz CT molecular complexity index is 385. The largest absolute Gasteiger partial charge is 0.481 e. The van der Waals surface area contributed by atoms with Crippen LogP contribution in [0.1, 0.15) is 25.3 Å². The zero-order valence-electron chi connectivity index (χ0n) is 8.73. The van der Waals surface area contributed by atoms with Crippen molar-refractivity contribution in [2.75, 3.05) is 5.73 Å². The van der Waals surface area contributed by atoms with Crippen molar-refractivity contribution in [1.82, 2.24) is 0 Å². The molecule has 0 aliphatic heterocycles. The van der Waals surface area contributed by atoms with E-state index in [-0.39, 0.29) is 5.92 Å². The van der Waals surface area contributed by atoms with Gasteiger partial charge in [-0.25, -0.2) is 0 Å². The van der Waals surface area contributed by atoms with Gasteiger partial charge in [0.15, 0.2) is 0 Å². The monoisotopic (exact) mass is 205 g/mol. The maximum absolute atomic E-state index is 11.3. The molecule has 2 unspecified atom stereocenters. The van der Waals surface area contributed by atoms with Gasteiger partial charge in [-0.05, 0) is 30.0 Å². The van der Waals surface area contributed by atoms with E-state index in [9.17, 15) is 9.90 Å². The zero-order valence-corrected chi connectivity index (χ0v) is 8.73. The third kappa shape index (κ3) is 1.39. The number of aliphatic carboxylic acids is 1. The summed E-state index contributed by atoms with van der Waals surface area (Å²) in [6.07, 6.45) is 1.67. The van der Waals surface area contributed by atoms with Crippen molar-refractivity contribution in [3.63, 3.8) is 0 Å². The van der Waals surface area contributed by atoms with Gasteiger partial charge in [-0.2, -0.15) is 0 Å². The molecule has 3 heteroatoms. The Kier molecular flexibility index (Phi) is 2.18. The zero-order chi connectivity index (χ0) is 11.1. The van der Waals surface area contributed by atoms with Gasteiger partial charge in [0, 0.05) is 5.69 Å². The second-order valence-corrected chi connectivity index (χ2v) is 4.21. The molecule has 2 atom stereocenters. The summed E-state index contributed by atoms with van der Waals surface area (Å²) in [6, 6.07) is 7.20. The minimum atomic E-state index is -0.709. The van der Waals surface area contributed by atoms with Crippen LogP contribution < -0.4 is 5.73 Å². The topological polar surface area (TPSA) is 63.3 Å². The summed E-state index contributed by atoms with van der Waals surface area (Å²) < 4.78 is 0.